The molecule has 1 N–H and O–H groups in total. The quantitative estimate of drug-likeness (QED) is 0.810. The van der Waals surface area contributed by atoms with Crippen LogP contribution in [-0.4, -0.2) is 49.8 Å². The summed E-state index contributed by atoms with van der Waals surface area (Å²) in [4.78, 5) is 13.7. The van der Waals surface area contributed by atoms with Crippen LogP contribution in [0, 0.1) is 5.92 Å². The van der Waals surface area contributed by atoms with Crippen molar-refractivity contribution in [1.29, 1.82) is 0 Å². The SMILES string of the molecule is CCC(=O)OC1CCC(CN(C)C)C(O)(c2cccc(OC)c2)C1. The van der Waals surface area contributed by atoms with Gasteiger partial charge < -0.3 is 19.5 Å². The predicted octanol–water partition coefficient (Wildman–Crippen LogP) is 2.57. The largest absolute Gasteiger partial charge is 0.497 e. The molecule has 0 amide bonds. The Morgan fingerprint density at radius 3 is 2.75 bits per heavy atom. The van der Waals surface area contributed by atoms with Crippen LogP contribution in [0.1, 0.15) is 38.2 Å². The lowest BCUT2D eigenvalue weighted by Crippen LogP contribution is -2.47. The lowest BCUT2D eigenvalue weighted by atomic mass is 9.70. The molecule has 24 heavy (non-hydrogen) atoms. The fourth-order valence-corrected chi connectivity index (χ4v) is 3.54. The molecule has 1 fully saturated rings. The normalized spacial score (nSPS) is 27.1. The van der Waals surface area contributed by atoms with E-state index < -0.39 is 5.60 Å². The Hall–Kier alpha value is -1.59. The van der Waals surface area contributed by atoms with Crippen LogP contribution in [0.5, 0.6) is 5.75 Å². The van der Waals surface area contributed by atoms with E-state index in [-0.39, 0.29) is 18.0 Å². The number of aliphatic hydroxyl groups is 1. The average molecular weight is 335 g/mol. The summed E-state index contributed by atoms with van der Waals surface area (Å²) in [5, 5.41) is 11.6. The fourth-order valence-electron chi connectivity index (χ4n) is 3.54. The van der Waals surface area contributed by atoms with Crippen molar-refractivity contribution in [3.63, 3.8) is 0 Å². The lowest BCUT2D eigenvalue weighted by molar-refractivity contribution is -0.161. The second-order valence-electron chi connectivity index (χ2n) is 6.86. The molecule has 2 rings (SSSR count). The molecule has 5 heteroatoms. The summed E-state index contributed by atoms with van der Waals surface area (Å²) in [6.07, 6.45) is 2.14. The van der Waals surface area contributed by atoms with E-state index in [4.69, 9.17) is 9.47 Å². The summed E-state index contributed by atoms with van der Waals surface area (Å²) in [6, 6.07) is 7.56. The molecule has 1 aromatic rings. The number of methoxy groups -OCH3 is 1. The van der Waals surface area contributed by atoms with Crippen molar-refractivity contribution < 1.29 is 19.4 Å². The topological polar surface area (TPSA) is 59.0 Å². The van der Waals surface area contributed by atoms with Crippen molar-refractivity contribution in [2.75, 3.05) is 27.7 Å². The minimum absolute atomic E-state index is 0.0798. The first-order valence-electron chi connectivity index (χ1n) is 8.60. The Kier molecular flexibility index (Phi) is 6.24. The maximum atomic E-state index is 11.7. The Morgan fingerprint density at radius 1 is 1.38 bits per heavy atom. The molecule has 0 saturated heterocycles. The summed E-state index contributed by atoms with van der Waals surface area (Å²) >= 11 is 0. The van der Waals surface area contributed by atoms with Crippen molar-refractivity contribution in [1.82, 2.24) is 4.90 Å². The second-order valence-corrected chi connectivity index (χ2v) is 6.86. The third-order valence-corrected chi connectivity index (χ3v) is 4.79. The van der Waals surface area contributed by atoms with Crippen molar-refractivity contribution in [3.8, 4) is 5.75 Å². The summed E-state index contributed by atoms with van der Waals surface area (Å²) in [7, 11) is 5.64. The zero-order valence-electron chi connectivity index (χ0n) is 15.1. The molecule has 0 aliphatic heterocycles. The highest BCUT2D eigenvalue weighted by molar-refractivity contribution is 5.69. The zero-order chi connectivity index (χ0) is 17.7. The number of hydrogen-bond acceptors (Lipinski definition) is 5. The summed E-state index contributed by atoms with van der Waals surface area (Å²) in [6.45, 7) is 2.57. The minimum Gasteiger partial charge on any atom is -0.497 e. The van der Waals surface area contributed by atoms with E-state index in [0.717, 1.165) is 30.7 Å². The Bertz CT molecular complexity index is 560. The molecule has 1 saturated carbocycles. The van der Waals surface area contributed by atoms with E-state index >= 15 is 0 Å². The van der Waals surface area contributed by atoms with Crippen LogP contribution in [0.4, 0.5) is 0 Å². The molecule has 0 spiro atoms. The van der Waals surface area contributed by atoms with Gasteiger partial charge in [-0.3, -0.25) is 4.79 Å². The lowest BCUT2D eigenvalue weighted by Gasteiger charge is -2.44. The van der Waals surface area contributed by atoms with Gasteiger partial charge in [-0.15, -0.1) is 0 Å². The van der Waals surface area contributed by atoms with Gasteiger partial charge in [-0.25, -0.2) is 0 Å². The second kappa shape index (κ2) is 7.99. The van der Waals surface area contributed by atoms with Crippen LogP contribution in [0.15, 0.2) is 24.3 Å². The number of benzene rings is 1. The van der Waals surface area contributed by atoms with Gasteiger partial charge in [0.05, 0.1) is 12.7 Å². The highest BCUT2D eigenvalue weighted by atomic mass is 16.5. The van der Waals surface area contributed by atoms with Crippen molar-refractivity contribution in [3.05, 3.63) is 29.8 Å². The van der Waals surface area contributed by atoms with E-state index in [1.807, 2.05) is 38.4 Å². The Balaban J connectivity index is 2.30. The standard InChI is InChI=1S/C19H29NO4/c1-5-18(21)24-17-10-9-15(13-20(2)3)19(22,12-17)14-7-6-8-16(11-14)23-4/h6-8,11,15,17,22H,5,9-10,12-13H2,1-4H3. The van der Waals surface area contributed by atoms with Crippen molar-refractivity contribution >= 4 is 5.97 Å². The van der Waals surface area contributed by atoms with Gasteiger partial charge in [0, 0.05) is 25.3 Å². The molecule has 1 aliphatic carbocycles. The highest BCUT2D eigenvalue weighted by Crippen LogP contribution is 2.43. The van der Waals surface area contributed by atoms with E-state index in [0.29, 0.717) is 12.8 Å². The van der Waals surface area contributed by atoms with E-state index in [9.17, 15) is 9.90 Å². The molecule has 0 heterocycles. The molecular weight excluding hydrogens is 306 g/mol. The summed E-state index contributed by atoms with van der Waals surface area (Å²) < 4.78 is 10.8. The van der Waals surface area contributed by atoms with Crippen LogP contribution >= 0.6 is 0 Å². The van der Waals surface area contributed by atoms with E-state index in [1.165, 1.54) is 0 Å². The van der Waals surface area contributed by atoms with Gasteiger partial charge in [0.1, 0.15) is 11.9 Å². The number of carbonyl (C=O) groups is 1. The summed E-state index contributed by atoms with van der Waals surface area (Å²) in [5.41, 5.74) is -0.207. The monoisotopic (exact) mass is 335 g/mol. The number of rotatable bonds is 6. The first-order chi connectivity index (χ1) is 11.4. The number of esters is 1. The van der Waals surface area contributed by atoms with Crippen LogP contribution in [0.2, 0.25) is 0 Å². The third-order valence-electron chi connectivity index (χ3n) is 4.79. The van der Waals surface area contributed by atoms with E-state index in [2.05, 4.69) is 4.90 Å². The molecular formula is C19H29NO4. The number of carbonyl (C=O) groups excluding carboxylic acids is 1. The van der Waals surface area contributed by atoms with Crippen LogP contribution in [0.3, 0.4) is 0 Å². The average Bonchev–Trinajstić information content (AvgIpc) is 2.57. The molecule has 1 aliphatic rings. The molecule has 134 valence electrons. The molecule has 1 aromatic carbocycles. The number of nitrogens with zero attached hydrogens (tertiary/aromatic N) is 1. The molecule has 0 bridgehead atoms. The third kappa shape index (κ3) is 4.28. The van der Waals surface area contributed by atoms with Crippen LogP contribution < -0.4 is 4.74 Å². The number of hydrogen-bond donors (Lipinski definition) is 1. The van der Waals surface area contributed by atoms with Gasteiger partial charge in [0.25, 0.3) is 0 Å². The number of ether oxygens (including phenoxy) is 2. The Morgan fingerprint density at radius 2 is 2.12 bits per heavy atom. The smallest absolute Gasteiger partial charge is 0.305 e. The van der Waals surface area contributed by atoms with Crippen LogP contribution in [-0.2, 0) is 15.1 Å². The molecule has 3 unspecified atom stereocenters. The van der Waals surface area contributed by atoms with Gasteiger partial charge >= 0.3 is 5.97 Å². The Labute approximate surface area is 144 Å². The molecule has 0 aromatic heterocycles. The van der Waals surface area contributed by atoms with Gasteiger partial charge in [-0.05, 0) is 44.6 Å². The van der Waals surface area contributed by atoms with Crippen LogP contribution in [0.25, 0.3) is 0 Å². The first-order valence-corrected chi connectivity index (χ1v) is 8.60. The summed E-state index contributed by atoms with van der Waals surface area (Å²) in [5.74, 6) is 0.590. The first kappa shape index (κ1) is 18.7. The van der Waals surface area contributed by atoms with Crippen molar-refractivity contribution in [2.45, 2.75) is 44.3 Å². The van der Waals surface area contributed by atoms with Gasteiger partial charge in [0.2, 0.25) is 0 Å². The highest BCUT2D eigenvalue weighted by Gasteiger charge is 2.45. The maximum Gasteiger partial charge on any atom is 0.305 e. The van der Waals surface area contributed by atoms with Crippen molar-refractivity contribution in [2.24, 2.45) is 5.92 Å². The molecule has 0 radical (unpaired) electrons. The predicted molar refractivity (Wildman–Crippen MR) is 93.0 cm³/mol. The van der Waals surface area contributed by atoms with Gasteiger partial charge in [-0.1, -0.05) is 19.1 Å². The van der Waals surface area contributed by atoms with E-state index in [1.54, 1.807) is 14.0 Å². The molecule has 3 atom stereocenters. The fraction of sp³-hybridized carbons (Fsp3) is 0.632. The van der Waals surface area contributed by atoms with Gasteiger partial charge in [-0.2, -0.15) is 0 Å². The maximum absolute atomic E-state index is 11.7. The van der Waals surface area contributed by atoms with Gasteiger partial charge in [0.15, 0.2) is 0 Å². The molecule has 5 nitrogen and oxygen atoms in total. The zero-order valence-corrected chi connectivity index (χ0v) is 15.1. The minimum atomic E-state index is -1.03.